The number of carbonyl (C=O) groups is 2. The van der Waals surface area contributed by atoms with Crippen LogP contribution in [0, 0.1) is 0 Å². The van der Waals surface area contributed by atoms with E-state index in [-0.39, 0.29) is 5.91 Å². The summed E-state index contributed by atoms with van der Waals surface area (Å²) in [4.78, 5) is 32.2. The molecule has 0 bridgehead atoms. The number of aromatic nitrogens is 2. The number of anilines is 1. The van der Waals surface area contributed by atoms with E-state index in [0.29, 0.717) is 27.1 Å². The van der Waals surface area contributed by atoms with Crippen molar-refractivity contribution in [1.29, 1.82) is 0 Å². The average Bonchev–Trinajstić information content (AvgIpc) is 3.28. The molecule has 1 aliphatic rings. The van der Waals surface area contributed by atoms with Gasteiger partial charge in [-0.05, 0) is 24.3 Å². The van der Waals surface area contributed by atoms with Gasteiger partial charge in [-0.15, -0.1) is 23.1 Å². The Morgan fingerprint density at radius 1 is 1.33 bits per heavy atom. The maximum atomic E-state index is 12.4. The van der Waals surface area contributed by atoms with Gasteiger partial charge in [0.15, 0.2) is 18.4 Å². The van der Waals surface area contributed by atoms with Crippen molar-refractivity contribution >= 4 is 55.9 Å². The van der Waals surface area contributed by atoms with E-state index in [4.69, 9.17) is 5.11 Å². The zero-order chi connectivity index (χ0) is 19.0. The summed E-state index contributed by atoms with van der Waals surface area (Å²) in [5.74, 6) is -0.676. The molecule has 3 heterocycles. The number of nitrogens with one attached hydrogen (secondary N) is 1. The van der Waals surface area contributed by atoms with Crippen molar-refractivity contribution in [3.8, 4) is 0 Å². The lowest BCUT2D eigenvalue weighted by molar-refractivity contribution is -0.671. The lowest BCUT2D eigenvalue weighted by Crippen LogP contribution is -2.28. The molecule has 2 aromatic heterocycles. The zero-order valence-electron chi connectivity index (χ0n) is 14.2. The number of rotatable bonds is 4. The van der Waals surface area contributed by atoms with Crippen molar-refractivity contribution in [2.75, 3.05) is 11.1 Å². The monoisotopic (exact) mass is 399 g/mol. The van der Waals surface area contributed by atoms with Gasteiger partial charge >= 0.3 is 5.97 Å². The van der Waals surface area contributed by atoms with Gasteiger partial charge in [-0.2, -0.15) is 0 Å². The molecule has 2 N–H and O–H groups in total. The van der Waals surface area contributed by atoms with Crippen LogP contribution in [0.5, 0.6) is 0 Å². The molecule has 0 unspecified atom stereocenters. The summed E-state index contributed by atoms with van der Waals surface area (Å²) in [6.07, 6.45) is 3.62. The highest BCUT2D eigenvalue weighted by molar-refractivity contribution is 8.15. The summed E-state index contributed by atoms with van der Waals surface area (Å²) >= 11 is 2.84. The van der Waals surface area contributed by atoms with Crippen LogP contribution in [-0.2, 0) is 11.8 Å². The first-order chi connectivity index (χ1) is 13.0. The third-order valence-electron chi connectivity index (χ3n) is 3.97. The minimum atomic E-state index is -0.919. The SMILES string of the molecule is C[n+]1cccc(C(=O)Nc2ccc3nc(C4=N[C@@H](C(=O)O)CS4)sc3c2)c1. The number of nitrogens with zero attached hydrogens (tertiary/aromatic N) is 3. The Kier molecular flexibility index (Phi) is 4.63. The van der Waals surface area contributed by atoms with E-state index in [9.17, 15) is 9.59 Å². The van der Waals surface area contributed by atoms with Gasteiger partial charge < -0.3 is 10.4 Å². The lowest BCUT2D eigenvalue weighted by atomic mass is 10.2. The molecule has 0 aliphatic carbocycles. The van der Waals surface area contributed by atoms with Crippen molar-refractivity contribution < 1.29 is 19.3 Å². The summed E-state index contributed by atoms with van der Waals surface area (Å²) < 4.78 is 2.72. The Morgan fingerprint density at radius 2 is 2.19 bits per heavy atom. The number of carboxylic acids is 1. The summed E-state index contributed by atoms with van der Waals surface area (Å²) in [6.45, 7) is 0. The Labute approximate surface area is 162 Å². The highest BCUT2D eigenvalue weighted by Gasteiger charge is 2.26. The van der Waals surface area contributed by atoms with Crippen LogP contribution in [0.25, 0.3) is 10.2 Å². The van der Waals surface area contributed by atoms with Gasteiger partial charge in [-0.25, -0.2) is 14.3 Å². The standard InChI is InChI=1S/C18H14N4O3S2/c1-22-6-2-3-10(8-22)15(23)19-11-4-5-12-14(7-11)27-17(20-12)16-21-13(9-26-16)18(24)25/h2-8,13H,9H2,1H3,(H-,19,21,23,24,25)/p+1/t13-/m1/s1. The first-order valence-electron chi connectivity index (χ1n) is 8.10. The number of amides is 1. The number of fused-ring (bicyclic) bond motifs is 1. The first-order valence-corrected chi connectivity index (χ1v) is 9.91. The molecule has 0 fully saturated rings. The number of thioether (sulfide) groups is 1. The predicted molar refractivity (Wildman–Crippen MR) is 106 cm³/mol. The molecule has 1 aliphatic heterocycles. The predicted octanol–water partition coefficient (Wildman–Crippen LogP) is 2.32. The quantitative estimate of drug-likeness (QED) is 0.657. The molecule has 3 aromatic rings. The Hall–Kier alpha value is -2.78. The molecule has 0 radical (unpaired) electrons. The summed E-state index contributed by atoms with van der Waals surface area (Å²) in [5, 5.41) is 13.3. The van der Waals surface area contributed by atoms with Crippen molar-refractivity contribution in [1.82, 2.24) is 4.98 Å². The van der Waals surface area contributed by atoms with Gasteiger partial charge in [-0.1, -0.05) is 0 Å². The fraction of sp³-hybridized carbons (Fsp3) is 0.167. The molecule has 27 heavy (non-hydrogen) atoms. The van der Waals surface area contributed by atoms with E-state index in [0.717, 1.165) is 10.2 Å². The molecule has 9 heteroatoms. The number of aryl methyl sites for hydroxylation is 1. The molecule has 0 saturated carbocycles. The Balaban J connectivity index is 1.57. The van der Waals surface area contributed by atoms with Crippen molar-refractivity contribution in [3.63, 3.8) is 0 Å². The van der Waals surface area contributed by atoms with Crippen LogP contribution in [0.15, 0.2) is 47.7 Å². The summed E-state index contributed by atoms with van der Waals surface area (Å²) in [5.41, 5.74) is 2.04. The van der Waals surface area contributed by atoms with Gasteiger partial charge in [0.05, 0.1) is 10.2 Å². The number of carbonyl (C=O) groups excluding carboxylic acids is 1. The van der Waals surface area contributed by atoms with Crippen LogP contribution >= 0.6 is 23.1 Å². The third-order valence-corrected chi connectivity index (χ3v) is 6.18. The number of carboxylic acid groups (broad SMARTS) is 1. The van der Waals surface area contributed by atoms with E-state index >= 15 is 0 Å². The van der Waals surface area contributed by atoms with Crippen LogP contribution in [0.2, 0.25) is 0 Å². The lowest BCUT2D eigenvalue weighted by Gasteiger charge is -2.04. The number of aliphatic imine (C=N–C) groups is 1. The number of pyridine rings is 1. The minimum absolute atomic E-state index is 0.185. The largest absolute Gasteiger partial charge is 0.480 e. The van der Waals surface area contributed by atoms with Crippen molar-refractivity contribution in [3.05, 3.63) is 53.3 Å². The van der Waals surface area contributed by atoms with E-state index in [2.05, 4.69) is 15.3 Å². The fourth-order valence-electron chi connectivity index (χ4n) is 2.64. The smallest absolute Gasteiger partial charge is 0.329 e. The van der Waals surface area contributed by atoms with Gasteiger partial charge in [-0.3, -0.25) is 9.79 Å². The second-order valence-electron chi connectivity index (χ2n) is 6.01. The summed E-state index contributed by atoms with van der Waals surface area (Å²) in [7, 11) is 1.86. The van der Waals surface area contributed by atoms with Gasteiger partial charge in [0, 0.05) is 17.5 Å². The van der Waals surface area contributed by atoms with Crippen molar-refractivity contribution in [2.45, 2.75) is 6.04 Å². The third kappa shape index (κ3) is 3.69. The molecule has 0 spiro atoms. The van der Waals surface area contributed by atoms with Gasteiger partial charge in [0.2, 0.25) is 0 Å². The van der Waals surface area contributed by atoms with Crippen LogP contribution in [-0.4, -0.2) is 38.8 Å². The molecule has 1 amide bonds. The molecule has 1 aromatic carbocycles. The molecular weight excluding hydrogens is 384 g/mol. The summed E-state index contributed by atoms with van der Waals surface area (Å²) in [6, 6.07) is 8.37. The van der Waals surface area contributed by atoms with Gasteiger partial charge in [0.1, 0.15) is 22.7 Å². The number of benzene rings is 1. The minimum Gasteiger partial charge on any atom is -0.480 e. The average molecular weight is 399 g/mol. The second kappa shape index (κ2) is 7.09. The highest BCUT2D eigenvalue weighted by atomic mass is 32.2. The molecule has 136 valence electrons. The molecule has 1 atom stereocenters. The second-order valence-corrected chi connectivity index (χ2v) is 8.05. The van der Waals surface area contributed by atoms with Gasteiger partial charge in [0.25, 0.3) is 5.91 Å². The van der Waals surface area contributed by atoms with E-state index < -0.39 is 12.0 Å². The molecular formula is C18H15N4O3S2+. The van der Waals surface area contributed by atoms with E-state index in [1.54, 1.807) is 18.3 Å². The van der Waals surface area contributed by atoms with Crippen LogP contribution < -0.4 is 9.88 Å². The Bertz CT molecular complexity index is 1090. The Morgan fingerprint density at radius 3 is 2.93 bits per heavy atom. The van der Waals surface area contributed by atoms with Crippen LogP contribution in [0.1, 0.15) is 15.4 Å². The fourth-order valence-corrected chi connectivity index (χ4v) is 4.74. The topological polar surface area (TPSA) is 95.5 Å². The van der Waals surface area contributed by atoms with E-state index in [1.807, 2.05) is 36.0 Å². The number of hydrogen-bond donors (Lipinski definition) is 2. The molecule has 0 saturated heterocycles. The maximum Gasteiger partial charge on any atom is 0.329 e. The first kappa shape index (κ1) is 17.6. The van der Waals surface area contributed by atoms with Crippen molar-refractivity contribution in [2.24, 2.45) is 12.0 Å². The number of aliphatic carboxylic acids is 1. The van der Waals surface area contributed by atoms with Crippen LogP contribution in [0.3, 0.4) is 0 Å². The van der Waals surface area contributed by atoms with Crippen LogP contribution in [0.4, 0.5) is 5.69 Å². The molecule has 7 nitrogen and oxygen atoms in total. The zero-order valence-corrected chi connectivity index (χ0v) is 15.9. The highest BCUT2D eigenvalue weighted by Crippen LogP contribution is 2.31. The maximum absolute atomic E-state index is 12.4. The number of thiazole rings is 1. The normalized spacial score (nSPS) is 16.3. The molecule has 4 rings (SSSR count). The van der Waals surface area contributed by atoms with E-state index in [1.165, 1.54) is 23.1 Å². The number of hydrogen-bond acceptors (Lipinski definition) is 6.